The van der Waals surface area contributed by atoms with Crippen LogP contribution in [0, 0.1) is 12.8 Å². The van der Waals surface area contributed by atoms with Crippen molar-refractivity contribution in [3.8, 4) is 0 Å². The van der Waals surface area contributed by atoms with Gasteiger partial charge in [-0.1, -0.05) is 12.8 Å². The zero-order chi connectivity index (χ0) is 23.9. The second-order valence-electron chi connectivity index (χ2n) is 10.6. The van der Waals surface area contributed by atoms with Crippen LogP contribution in [0.25, 0.3) is 21.8 Å². The molecule has 2 aromatic heterocycles. The summed E-state index contributed by atoms with van der Waals surface area (Å²) in [5.41, 5.74) is 3.15. The molecule has 1 saturated carbocycles. The van der Waals surface area contributed by atoms with Crippen LogP contribution in [0.4, 0.5) is 0 Å². The third kappa shape index (κ3) is 4.27. The molecule has 1 aliphatic carbocycles. The van der Waals surface area contributed by atoms with E-state index >= 15 is 0 Å². The maximum Gasteiger partial charge on any atom is 0.259 e. The predicted octanol–water partition coefficient (Wildman–Crippen LogP) is 3.49. The van der Waals surface area contributed by atoms with Crippen molar-refractivity contribution in [2.75, 3.05) is 45.9 Å². The zero-order valence-corrected chi connectivity index (χ0v) is 20.6. The molecular formula is C27H35N5O3. The van der Waals surface area contributed by atoms with Crippen LogP contribution in [0.1, 0.15) is 60.5 Å². The molecule has 3 aromatic rings. The van der Waals surface area contributed by atoms with E-state index in [2.05, 4.69) is 15.0 Å². The van der Waals surface area contributed by atoms with Gasteiger partial charge in [-0.05, 0) is 56.2 Å². The number of piperazine rings is 1. The molecule has 2 aliphatic heterocycles. The Morgan fingerprint density at radius 1 is 1.06 bits per heavy atom. The fraction of sp³-hybridized carbons (Fsp3) is 0.593. The van der Waals surface area contributed by atoms with Gasteiger partial charge in [0.15, 0.2) is 0 Å². The van der Waals surface area contributed by atoms with Gasteiger partial charge in [0.05, 0.1) is 28.7 Å². The first-order valence-corrected chi connectivity index (χ1v) is 13.2. The van der Waals surface area contributed by atoms with Gasteiger partial charge in [0, 0.05) is 56.9 Å². The number of nitrogens with one attached hydrogen (secondary N) is 1. The van der Waals surface area contributed by atoms with E-state index in [-0.39, 0.29) is 11.5 Å². The number of ether oxygens (including phenoxy) is 1. The molecule has 0 unspecified atom stereocenters. The molecule has 0 radical (unpaired) electrons. The third-order valence-electron chi connectivity index (χ3n) is 8.33. The first-order valence-electron chi connectivity index (χ1n) is 13.2. The molecule has 3 aliphatic rings. The van der Waals surface area contributed by atoms with Crippen molar-refractivity contribution in [2.45, 2.75) is 51.5 Å². The van der Waals surface area contributed by atoms with Gasteiger partial charge in [0.1, 0.15) is 0 Å². The number of H-pyrrole nitrogens is 1. The number of fused-ring (bicyclic) bond motifs is 3. The van der Waals surface area contributed by atoms with E-state index < -0.39 is 0 Å². The summed E-state index contributed by atoms with van der Waals surface area (Å²) in [7, 11) is 0. The lowest BCUT2D eigenvalue weighted by atomic mass is 9.99. The minimum Gasteiger partial charge on any atom is -0.381 e. The molecule has 4 heterocycles. The summed E-state index contributed by atoms with van der Waals surface area (Å²) >= 11 is 0. The highest BCUT2D eigenvalue weighted by Crippen LogP contribution is 2.34. The summed E-state index contributed by atoms with van der Waals surface area (Å²) in [4.78, 5) is 33.9. The summed E-state index contributed by atoms with van der Waals surface area (Å²) in [6, 6.07) is 4.27. The molecule has 8 heteroatoms. The largest absolute Gasteiger partial charge is 0.381 e. The zero-order valence-electron chi connectivity index (χ0n) is 20.6. The molecule has 186 valence electrons. The number of hydrogen-bond acceptors (Lipinski definition) is 5. The number of carbonyl (C=O) groups is 1. The maximum atomic E-state index is 13.6. The number of aromatic amines is 1. The van der Waals surface area contributed by atoms with Crippen LogP contribution in [0.2, 0.25) is 0 Å². The van der Waals surface area contributed by atoms with Crippen molar-refractivity contribution in [2.24, 2.45) is 5.92 Å². The second kappa shape index (κ2) is 9.39. The highest BCUT2D eigenvalue weighted by atomic mass is 16.5. The number of pyridine rings is 1. The quantitative estimate of drug-likeness (QED) is 0.622. The van der Waals surface area contributed by atoms with E-state index in [0.29, 0.717) is 17.3 Å². The Hall–Kier alpha value is -2.71. The van der Waals surface area contributed by atoms with E-state index in [4.69, 9.17) is 4.74 Å². The van der Waals surface area contributed by atoms with E-state index in [9.17, 15) is 9.59 Å². The lowest BCUT2D eigenvalue weighted by molar-refractivity contribution is 0.0393. The summed E-state index contributed by atoms with van der Waals surface area (Å²) < 4.78 is 7.54. The van der Waals surface area contributed by atoms with Gasteiger partial charge >= 0.3 is 0 Å². The summed E-state index contributed by atoms with van der Waals surface area (Å²) in [5, 5.41) is 6.14. The van der Waals surface area contributed by atoms with Crippen LogP contribution in [-0.4, -0.2) is 76.4 Å². The number of rotatable bonds is 4. The minimum atomic E-state index is -0.115. The van der Waals surface area contributed by atoms with Crippen molar-refractivity contribution in [1.29, 1.82) is 0 Å². The van der Waals surface area contributed by atoms with Crippen LogP contribution in [0.3, 0.4) is 0 Å². The molecule has 8 nitrogen and oxygen atoms in total. The molecular weight excluding hydrogens is 442 g/mol. The molecule has 0 bridgehead atoms. The smallest absolute Gasteiger partial charge is 0.259 e. The fourth-order valence-electron chi connectivity index (χ4n) is 6.25. The fourth-order valence-corrected chi connectivity index (χ4v) is 6.25. The number of aryl methyl sites for hydroxylation is 1. The molecule has 0 atom stereocenters. The van der Waals surface area contributed by atoms with Gasteiger partial charge in [-0.3, -0.25) is 19.2 Å². The van der Waals surface area contributed by atoms with Crippen LogP contribution < -0.4 is 5.56 Å². The Morgan fingerprint density at radius 2 is 1.80 bits per heavy atom. The van der Waals surface area contributed by atoms with E-state index in [1.807, 2.05) is 28.6 Å². The number of amides is 1. The Bertz CT molecular complexity index is 1290. The minimum absolute atomic E-state index is 0.0846. The van der Waals surface area contributed by atoms with Crippen LogP contribution in [0.5, 0.6) is 0 Å². The van der Waals surface area contributed by atoms with E-state index in [0.717, 1.165) is 99.2 Å². The van der Waals surface area contributed by atoms with Crippen molar-refractivity contribution >= 4 is 27.7 Å². The first kappa shape index (κ1) is 22.7. The topological polar surface area (TPSA) is 83.5 Å². The summed E-state index contributed by atoms with van der Waals surface area (Å²) in [6.45, 7) is 8.16. The Balaban J connectivity index is 1.27. The second-order valence-corrected chi connectivity index (χ2v) is 10.6. The summed E-state index contributed by atoms with van der Waals surface area (Å²) in [5.74, 6) is 0.796. The van der Waals surface area contributed by atoms with Crippen LogP contribution in [-0.2, 0) is 4.74 Å². The standard InChI is InChI=1S/C27H35N5O3/c1-18-14-24-22(25-23(26(33)29-24)16-28-32(25)20-4-2-3-5-20)15-21(18)27(34)31-10-8-30(9-11-31)17-19-6-12-35-13-7-19/h14-16,19-20H,2-13,17H2,1H3,(H,29,33). The van der Waals surface area contributed by atoms with Gasteiger partial charge in [-0.2, -0.15) is 5.10 Å². The Kier molecular flexibility index (Phi) is 6.10. The van der Waals surface area contributed by atoms with Crippen molar-refractivity contribution in [3.63, 3.8) is 0 Å². The molecule has 1 N–H and O–H groups in total. The number of nitrogens with zero attached hydrogens (tertiary/aromatic N) is 4. The highest BCUT2D eigenvalue weighted by Gasteiger charge is 2.27. The first-order chi connectivity index (χ1) is 17.1. The third-order valence-corrected chi connectivity index (χ3v) is 8.33. The van der Waals surface area contributed by atoms with Gasteiger partial charge in [0.2, 0.25) is 0 Å². The Morgan fingerprint density at radius 3 is 2.54 bits per heavy atom. The van der Waals surface area contributed by atoms with Crippen molar-refractivity contribution in [3.05, 3.63) is 39.8 Å². The van der Waals surface area contributed by atoms with E-state index in [1.165, 1.54) is 12.8 Å². The van der Waals surface area contributed by atoms with Gasteiger partial charge in [-0.25, -0.2) is 0 Å². The van der Waals surface area contributed by atoms with Gasteiger partial charge < -0.3 is 14.6 Å². The maximum absolute atomic E-state index is 13.6. The van der Waals surface area contributed by atoms with Crippen LogP contribution >= 0.6 is 0 Å². The SMILES string of the molecule is Cc1cc2[nH]c(=O)c3cnn(C4CCCC4)c3c2cc1C(=O)N1CCN(CC2CCOCC2)CC1. The Labute approximate surface area is 205 Å². The number of carbonyl (C=O) groups excluding carboxylic acids is 1. The van der Waals surface area contributed by atoms with Crippen LogP contribution in [0.15, 0.2) is 23.1 Å². The average molecular weight is 478 g/mol. The van der Waals surface area contributed by atoms with E-state index in [1.54, 1.807) is 6.20 Å². The number of aromatic nitrogens is 3. The molecule has 0 spiro atoms. The molecule has 35 heavy (non-hydrogen) atoms. The number of hydrogen-bond donors (Lipinski definition) is 1. The molecule has 2 saturated heterocycles. The lowest BCUT2D eigenvalue weighted by Crippen LogP contribution is -2.50. The average Bonchev–Trinajstić information content (AvgIpc) is 3.55. The molecule has 1 aromatic carbocycles. The van der Waals surface area contributed by atoms with Crippen molar-refractivity contribution < 1.29 is 9.53 Å². The summed E-state index contributed by atoms with van der Waals surface area (Å²) in [6.07, 6.45) is 8.52. The molecule has 1 amide bonds. The van der Waals surface area contributed by atoms with Crippen molar-refractivity contribution in [1.82, 2.24) is 24.6 Å². The monoisotopic (exact) mass is 477 g/mol. The molecule has 3 fully saturated rings. The van der Waals surface area contributed by atoms with Gasteiger partial charge in [-0.15, -0.1) is 0 Å². The van der Waals surface area contributed by atoms with Gasteiger partial charge in [0.25, 0.3) is 11.5 Å². The number of benzene rings is 1. The molecule has 6 rings (SSSR count). The normalized spacial score (nSPS) is 20.9. The highest BCUT2D eigenvalue weighted by molar-refractivity contribution is 6.07. The lowest BCUT2D eigenvalue weighted by Gasteiger charge is -2.37. The predicted molar refractivity (Wildman–Crippen MR) is 136 cm³/mol.